The zero-order chi connectivity index (χ0) is 14.5. The lowest BCUT2D eigenvalue weighted by Gasteiger charge is -2.14. The maximum absolute atomic E-state index is 13.2. The highest BCUT2D eigenvalue weighted by molar-refractivity contribution is 5.40. The number of halogens is 1. The van der Waals surface area contributed by atoms with Gasteiger partial charge in [0.1, 0.15) is 17.3 Å². The summed E-state index contributed by atoms with van der Waals surface area (Å²) >= 11 is 0. The van der Waals surface area contributed by atoms with E-state index in [1.807, 2.05) is 18.2 Å². The van der Waals surface area contributed by atoms with E-state index in [1.165, 1.54) is 18.2 Å². The number of benzene rings is 2. The molecule has 0 bridgehead atoms. The van der Waals surface area contributed by atoms with Crippen LogP contribution in [-0.4, -0.2) is 12.2 Å². The average Bonchev–Trinajstić information content (AvgIpc) is 2.41. The van der Waals surface area contributed by atoms with Gasteiger partial charge in [0.2, 0.25) is 0 Å². The molecule has 4 heteroatoms. The van der Waals surface area contributed by atoms with Gasteiger partial charge in [0.05, 0.1) is 12.7 Å². The first-order valence-corrected chi connectivity index (χ1v) is 6.33. The highest BCUT2D eigenvalue weighted by Crippen LogP contribution is 2.30. The van der Waals surface area contributed by atoms with Gasteiger partial charge >= 0.3 is 0 Å². The van der Waals surface area contributed by atoms with E-state index >= 15 is 0 Å². The van der Waals surface area contributed by atoms with Crippen LogP contribution < -0.4 is 4.74 Å². The minimum absolute atomic E-state index is 0.401. The second-order valence-corrected chi connectivity index (χ2v) is 4.54. The van der Waals surface area contributed by atoms with Crippen molar-refractivity contribution in [3.63, 3.8) is 0 Å². The molecule has 0 saturated heterocycles. The zero-order valence-corrected chi connectivity index (χ0v) is 11.5. The second-order valence-electron chi connectivity index (χ2n) is 4.54. The zero-order valence-electron chi connectivity index (χ0n) is 11.5. The lowest BCUT2D eigenvalue weighted by Crippen LogP contribution is -1.97. The van der Waals surface area contributed by atoms with Crippen LogP contribution in [0.1, 0.15) is 24.2 Å². The van der Waals surface area contributed by atoms with Gasteiger partial charge in [-0.25, -0.2) is 4.39 Å². The summed E-state index contributed by atoms with van der Waals surface area (Å²) in [6.07, 6.45) is -0.803. The van der Waals surface area contributed by atoms with Gasteiger partial charge in [0.15, 0.2) is 0 Å². The van der Waals surface area contributed by atoms with Crippen molar-refractivity contribution in [2.45, 2.75) is 19.6 Å². The number of hydrogen-bond acceptors (Lipinski definition) is 3. The monoisotopic (exact) mass is 276 g/mol. The summed E-state index contributed by atoms with van der Waals surface area (Å²) in [5.41, 5.74) is 1.40. The van der Waals surface area contributed by atoms with Crippen LogP contribution >= 0.6 is 0 Å². The molecule has 0 radical (unpaired) electrons. The van der Waals surface area contributed by atoms with Gasteiger partial charge in [0, 0.05) is 12.7 Å². The number of aliphatic hydroxyl groups excluding tert-OH is 1. The molecule has 0 unspecified atom stereocenters. The molecule has 0 saturated carbocycles. The molecule has 0 aliphatic heterocycles. The van der Waals surface area contributed by atoms with E-state index in [0.29, 0.717) is 23.7 Å². The lowest BCUT2D eigenvalue weighted by atomic mass is 10.1. The molecule has 1 N–H and O–H groups in total. The van der Waals surface area contributed by atoms with Crippen molar-refractivity contribution in [2.75, 3.05) is 7.11 Å². The summed E-state index contributed by atoms with van der Waals surface area (Å²) in [5, 5.41) is 9.68. The van der Waals surface area contributed by atoms with Crippen LogP contribution in [0.2, 0.25) is 0 Å². The van der Waals surface area contributed by atoms with Gasteiger partial charge in [-0.2, -0.15) is 0 Å². The molecule has 2 rings (SSSR count). The van der Waals surface area contributed by atoms with Gasteiger partial charge in [0.25, 0.3) is 0 Å². The molecule has 106 valence electrons. The van der Waals surface area contributed by atoms with E-state index in [4.69, 9.17) is 9.47 Å². The largest absolute Gasteiger partial charge is 0.457 e. The quantitative estimate of drug-likeness (QED) is 0.902. The van der Waals surface area contributed by atoms with Gasteiger partial charge in [-0.05, 0) is 42.8 Å². The molecule has 0 aromatic heterocycles. The van der Waals surface area contributed by atoms with Crippen LogP contribution in [0, 0.1) is 5.82 Å². The summed E-state index contributed by atoms with van der Waals surface area (Å²) < 4.78 is 24.0. The fourth-order valence-electron chi connectivity index (χ4n) is 1.93. The standard InChI is InChI=1S/C16H17FO3/c1-11(18)15-9-13(17)6-7-16(15)20-14-5-3-4-12(8-14)10-19-2/h3-9,11,18H,10H2,1-2H3/t11-/m1/s1. The van der Waals surface area contributed by atoms with Crippen molar-refractivity contribution < 1.29 is 19.0 Å². The molecule has 0 spiro atoms. The van der Waals surface area contributed by atoms with Crippen molar-refractivity contribution in [3.8, 4) is 11.5 Å². The van der Waals surface area contributed by atoms with Crippen LogP contribution in [0.25, 0.3) is 0 Å². The molecule has 3 nitrogen and oxygen atoms in total. The number of ether oxygens (including phenoxy) is 2. The number of hydrogen-bond donors (Lipinski definition) is 1. The molecular formula is C16H17FO3. The first kappa shape index (κ1) is 14.5. The lowest BCUT2D eigenvalue weighted by molar-refractivity contribution is 0.184. The third kappa shape index (κ3) is 3.56. The maximum Gasteiger partial charge on any atom is 0.133 e. The Morgan fingerprint density at radius 3 is 2.70 bits per heavy atom. The molecule has 2 aromatic carbocycles. The molecule has 0 fully saturated rings. The molecule has 1 atom stereocenters. The van der Waals surface area contributed by atoms with E-state index in [-0.39, 0.29) is 0 Å². The van der Waals surface area contributed by atoms with Crippen molar-refractivity contribution in [3.05, 3.63) is 59.4 Å². The van der Waals surface area contributed by atoms with E-state index < -0.39 is 11.9 Å². The molecule has 20 heavy (non-hydrogen) atoms. The third-order valence-electron chi connectivity index (χ3n) is 2.86. The summed E-state index contributed by atoms with van der Waals surface area (Å²) in [6.45, 7) is 2.06. The molecule has 2 aromatic rings. The van der Waals surface area contributed by atoms with E-state index in [9.17, 15) is 9.50 Å². The van der Waals surface area contributed by atoms with Gasteiger partial charge < -0.3 is 14.6 Å². The van der Waals surface area contributed by atoms with Crippen LogP contribution in [0.15, 0.2) is 42.5 Å². The first-order chi connectivity index (χ1) is 9.60. The van der Waals surface area contributed by atoms with Crippen molar-refractivity contribution >= 4 is 0 Å². The summed E-state index contributed by atoms with van der Waals surface area (Å²) in [7, 11) is 1.62. The Balaban J connectivity index is 2.27. The smallest absolute Gasteiger partial charge is 0.133 e. The van der Waals surface area contributed by atoms with Gasteiger partial charge in [-0.1, -0.05) is 12.1 Å². The fraction of sp³-hybridized carbons (Fsp3) is 0.250. The normalized spacial score (nSPS) is 12.2. The van der Waals surface area contributed by atoms with Crippen molar-refractivity contribution in [1.82, 2.24) is 0 Å². The topological polar surface area (TPSA) is 38.7 Å². The first-order valence-electron chi connectivity index (χ1n) is 6.33. The van der Waals surface area contributed by atoms with Gasteiger partial charge in [-0.3, -0.25) is 0 Å². The maximum atomic E-state index is 13.2. The Kier molecular flexibility index (Phi) is 4.71. The number of rotatable bonds is 5. The predicted octanol–water partition coefficient (Wildman–Crippen LogP) is 3.82. The van der Waals surface area contributed by atoms with E-state index in [0.717, 1.165) is 5.56 Å². The van der Waals surface area contributed by atoms with Crippen molar-refractivity contribution in [2.24, 2.45) is 0 Å². The Labute approximate surface area is 117 Å². The summed E-state index contributed by atoms with van der Waals surface area (Å²) in [6, 6.07) is 11.5. The van der Waals surface area contributed by atoms with E-state index in [1.54, 1.807) is 20.1 Å². The molecule has 0 aliphatic rings. The Morgan fingerprint density at radius 2 is 2.00 bits per heavy atom. The fourth-order valence-corrected chi connectivity index (χ4v) is 1.93. The molecular weight excluding hydrogens is 259 g/mol. The second kappa shape index (κ2) is 6.50. The minimum atomic E-state index is -0.803. The van der Waals surface area contributed by atoms with Crippen LogP contribution in [0.3, 0.4) is 0 Å². The van der Waals surface area contributed by atoms with E-state index in [2.05, 4.69) is 0 Å². The highest BCUT2D eigenvalue weighted by atomic mass is 19.1. The van der Waals surface area contributed by atoms with Crippen LogP contribution in [-0.2, 0) is 11.3 Å². The van der Waals surface area contributed by atoms with Crippen molar-refractivity contribution in [1.29, 1.82) is 0 Å². The number of methoxy groups -OCH3 is 1. The molecule has 0 heterocycles. The molecule has 0 aliphatic carbocycles. The highest BCUT2D eigenvalue weighted by Gasteiger charge is 2.11. The van der Waals surface area contributed by atoms with Gasteiger partial charge in [-0.15, -0.1) is 0 Å². The van der Waals surface area contributed by atoms with Crippen LogP contribution in [0.4, 0.5) is 4.39 Å². The summed E-state index contributed by atoms with van der Waals surface area (Å²) in [5.74, 6) is 0.658. The number of aliphatic hydroxyl groups is 1. The Bertz CT molecular complexity index is 582. The summed E-state index contributed by atoms with van der Waals surface area (Å²) in [4.78, 5) is 0. The predicted molar refractivity (Wildman–Crippen MR) is 74.3 cm³/mol. The minimum Gasteiger partial charge on any atom is -0.457 e. The third-order valence-corrected chi connectivity index (χ3v) is 2.86. The Hall–Kier alpha value is -1.91. The molecule has 0 amide bonds. The SMILES string of the molecule is COCc1cccc(Oc2ccc(F)cc2[C@@H](C)O)c1. The average molecular weight is 276 g/mol. The van der Waals surface area contributed by atoms with Crippen LogP contribution in [0.5, 0.6) is 11.5 Å². The Morgan fingerprint density at radius 1 is 1.20 bits per heavy atom.